The molecule has 2 unspecified atom stereocenters. The Hall–Kier alpha value is -2.41. The molecule has 0 saturated carbocycles. The third-order valence-electron chi connectivity index (χ3n) is 5.59. The Morgan fingerprint density at radius 2 is 1.70 bits per heavy atom. The van der Waals surface area contributed by atoms with Crippen molar-refractivity contribution >= 4 is 40.9 Å². The minimum atomic E-state index is -0.543. The molecular formula is C22H20Cl2N2O4. The van der Waals surface area contributed by atoms with E-state index < -0.39 is 11.8 Å². The highest BCUT2D eigenvalue weighted by Gasteiger charge is 2.39. The zero-order chi connectivity index (χ0) is 21.6. The van der Waals surface area contributed by atoms with Crippen LogP contribution in [0.2, 0.25) is 10.0 Å². The Bertz CT molecular complexity index is 1010. The summed E-state index contributed by atoms with van der Waals surface area (Å²) in [5.74, 6) is -1.40. The second kappa shape index (κ2) is 8.02. The summed E-state index contributed by atoms with van der Waals surface area (Å²) in [6.07, 6.45) is -0.258. The lowest BCUT2D eigenvalue weighted by Crippen LogP contribution is -2.52. The Kier molecular flexibility index (Phi) is 5.57. The molecule has 6 nitrogen and oxygen atoms in total. The Labute approximate surface area is 184 Å². The van der Waals surface area contributed by atoms with Gasteiger partial charge in [-0.3, -0.25) is 19.3 Å². The van der Waals surface area contributed by atoms with E-state index >= 15 is 0 Å². The number of hydrogen-bond donors (Lipinski definition) is 0. The first-order valence-electron chi connectivity index (χ1n) is 9.59. The third kappa shape index (κ3) is 3.60. The zero-order valence-electron chi connectivity index (χ0n) is 16.5. The minimum Gasteiger partial charge on any atom is -0.370 e. The van der Waals surface area contributed by atoms with Gasteiger partial charge in [-0.1, -0.05) is 47.5 Å². The SMILES string of the molecule is Cc1ccccc1C1CN(C(=O)CN2C(=O)c3cc(Cl)c(Cl)cc3C2=O)C(C)CO1. The van der Waals surface area contributed by atoms with Gasteiger partial charge in [0.05, 0.1) is 40.4 Å². The van der Waals surface area contributed by atoms with Gasteiger partial charge in [0, 0.05) is 0 Å². The van der Waals surface area contributed by atoms with Crippen LogP contribution in [0.5, 0.6) is 0 Å². The summed E-state index contributed by atoms with van der Waals surface area (Å²) in [6.45, 7) is 4.27. The Morgan fingerprint density at radius 3 is 2.30 bits per heavy atom. The first-order valence-corrected chi connectivity index (χ1v) is 10.4. The van der Waals surface area contributed by atoms with Crippen molar-refractivity contribution in [2.75, 3.05) is 19.7 Å². The van der Waals surface area contributed by atoms with Crippen LogP contribution in [0.25, 0.3) is 0 Å². The van der Waals surface area contributed by atoms with Gasteiger partial charge in [-0.25, -0.2) is 0 Å². The second-order valence-corrected chi connectivity index (χ2v) is 8.40. The highest BCUT2D eigenvalue weighted by Crippen LogP contribution is 2.32. The molecule has 0 bridgehead atoms. The lowest BCUT2D eigenvalue weighted by atomic mass is 10.0. The predicted octanol–water partition coefficient (Wildman–Crippen LogP) is 3.89. The van der Waals surface area contributed by atoms with Gasteiger partial charge in [0.25, 0.3) is 11.8 Å². The molecule has 2 atom stereocenters. The summed E-state index contributed by atoms with van der Waals surface area (Å²) in [7, 11) is 0. The zero-order valence-corrected chi connectivity index (χ0v) is 18.0. The van der Waals surface area contributed by atoms with Crippen molar-refractivity contribution in [3.05, 3.63) is 68.7 Å². The third-order valence-corrected chi connectivity index (χ3v) is 6.32. The summed E-state index contributed by atoms with van der Waals surface area (Å²) >= 11 is 12.0. The number of ether oxygens (including phenoxy) is 1. The van der Waals surface area contributed by atoms with Crippen molar-refractivity contribution in [3.63, 3.8) is 0 Å². The van der Waals surface area contributed by atoms with Crippen molar-refractivity contribution in [3.8, 4) is 0 Å². The number of imide groups is 1. The summed E-state index contributed by atoms with van der Waals surface area (Å²) in [4.78, 5) is 41.1. The van der Waals surface area contributed by atoms with E-state index in [0.29, 0.717) is 13.2 Å². The largest absolute Gasteiger partial charge is 0.370 e. The predicted molar refractivity (Wildman–Crippen MR) is 113 cm³/mol. The second-order valence-electron chi connectivity index (χ2n) is 7.58. The van der Waals surface area contributed by atoms with Crippen LogP contribution in [0, 0.1) is 6.92 Å². The Balaban J connectivity index is 1.52. The highest BCUT2D eigenvalue weighted by molar-refractivity contribution is 6.43. The fourth-order valence-electron chi connectivity index (χ4n) is 3.89. The van der Waals surface area contributed by atoms with Gasteiger partial charge in [0.2, 0.25) is 5.91 Å². The molecule has 2 aliphatic rings. The van der Waals surface area contributed by atoms with Crippen LogP contribution in [0.3, 0.4) is 0 Å². The standard InChI is InChI=1S/C22H20Cl2N2O4/c1-12-5-3-4-6-14(12)19-9-25(13(2)11-30-19)20(27)10-26-21(28)15-7-17(23)18(24)8-16(15)22(26)29/h3-8,13,19H,9-11H2,1-2H3. The molecule has 30 heavy (non-hydrogen) atoms. The van der Waals surface area contributed by atoms with Gasteiger partial charge in [0.1, 0.15) is 12.6 Å². The Morgan fingerprint density at radius 1 is 1.10 bits per heavy atom. The first kappa shape index (κ1) is 20.8. The average molecular weight is 447 g/mol. The number of fused-ring (bicyclic) bond motifs is 1. The summed E-state index contributed by atoms with van der Waals surface area (Å²) in [5.41, 5.74) is 2.43. The van der Waals surface area contributed by atoms with E-state index in [9.17, 15) is 14.4 Å². The van der Waals surface area contributed by atoms with E-state index in [-0.39, 0.29) is 45.8 Å². The average Bonchev–Trinajstić information content (AvgIpc) is 2.93. The maximum atomic E-state index is 13.1. The van der Waals surface area contributed by atoms with Crippen LogP contribution in [0.15, 0.2) is 36.4 Å². The van der Waals surface area contributed by atoms with Gasteiger partial charge < -0.3 is 9.64 Å². The van der Waals surface area contributed by atoms with Crippen LogP contribution in [-0.4, -0.2) is 53.3 Å². The number of amides is 3. The van der Waals surface area contributed by atoms with Gasteiger partial charge in [0.15, 0.2) is 0 Å². The molecule has 2 heterocycles. The lowest BCUT2D eigenvalue weighted by molar-refractivity contribution is -0.144. The number of carbonyl (C=O) groups excluding carboxylic acids is 3. The molecule has 3 amide bonds. The number of nitrogens with zero attached hydrogens (tertiary/aromatic N) is 2. The van der Waals surface area contributed by atoms with Gasteiger partial charge in [-0.05, 0) is 37.1 Å². The molecule has 2 aromatic rings. The van der Waals surface area contributed by atoms with Crippen LogP contribution >= 0.6 is 23.2 Å². The molecule has 0 aromatic heterocycles. The maximum absolute atomic E-state index is 13.1. The number of benzene rings is 2. The fourth-order valence-corrected chi connectivity index (χ4v) is 4.22. The molecule has 156 valence electrons. The number of rotatable bonds is 3. The summed E-state index contributed by atoms with van der Waals surface area (Å²) in [5, 5.41) is 0.375. The number of halogens is 2. The minimum absolute atomic E-state index is 0.162. The molecule has 8 heteroatoms. The molecule has 0 spiro atoms. The normalized spacial score (nSPS) is 21.2. The molecule has 1 saturated heterocycles. The number of aryl methyl sites for hydroxylation is 1. The van der Waals surface area contributed by atoms with Crippen LogP contribution in [0.4, 0.5) is 0 Å². The van der Waals surface area contributed by atoms with E-state index in [0.717, 1.165) is 16.0 Å². The molecule has 2 aromatic carbocycles. The van der Waals surface area contributed by atoms with Crippen LogP contribution in [-0.2, 0) is 9.53 Å². The maximum Gasteiger partial charge on any atom is 0.262 e. The molecule has 4 rings (SSSR count). The van der Waals surface area contributed by atoms with Crippen molar-refractivity contribution < 1.29 is 19.1 Å². The molecular weight excluding hydrogens is 427 g/mol. The number of morpholine rings is 1. The topological polar surface area (TPSA) is 66.9 Å². The van der Waals surface area contributed by atoms with E-state index in [1.54, 1.807) is 4.90 Å². The lowest BCUT2D eigenvalue weighted by Gasteiger charge is -2.39. The van der Waals surface area contributed by atoms with Crippen molar-refractivity contribution in [1.29, 1.82) is 0 Å². The van der Waals surface area contributed by atoms with E-state index in [2.05, 4.69) is 0 Å². The van der Waals surface area contributed by atoms with Crippen molar-refractivity contribution in [2.24, 2.45) is 0 Å². The smallest absolute Gasteiger partial charge is 0.262 e. The van der Waals surface area contributed by atoms with Gasteiger partial charge in [-0.15, -0.1) is 0 Å². The monoisotopic (exact) mass is 446 g/mol. The van der Waals surface area contributed by atoms with E-state index in [4.69, 9.17) is 27.9 Å². The number of carbonyl (C=O) groups is 3. The van der Waals surface area contributed by atoms with Gasteiger partial charge >= 0.3 is 0 Å². The molecule has 0 N–H and O–H groups in total. The van der Waals surface area contributed by atoms with Crippen LogP contribution in [0.1, 0.15) is 44.9 Å². The van der Waals surface area contributed by atoms with Crippen molar-refractivity contribution in [1.82, 2.24) is 9.80 Å². The quantitative estimate of drug-likeness (QED) is 0.670. The van der Waals surface area contributed by atoms with Crippen LogP contribution < -0.4 is 0 Å². The summed E-state index contributed by atoms with van der Waals surface area (Å²) in [6, 6.07) is 10.4. The molecule has 1 fully saturated rings. The van der Waals surface area contributed by atoms with Gasteiger partial charge in [-0.2, -0.15) is 0 Å². The molecule has 0 aliphatic carbocycles. The number of hydrogen-bond acceptors (Lipinski definition) is 4. The first-order chi connectivity index (χ1) is 14.3. The highest BCUT2D eigenvalue weighted by atomic mass is 35.5. The fraction of sp³-hybridized carbons (Fsp3) is 0.318. The van der Waals surface area contributed by atoms with Crippen molar-refractivity contribution in [2.45, 2.75) is 26.0 Å². The molecule has 2 aliphatic heterocycles. The van der Waals surface area contributed by atoms with E-state index in [1.807, 2.05) is 38.1 Å². The van der Waals surface area contributed by atoms with E-state index in [1.165, 1.54) is 12.1 Å². The summed E-state index contributed by atoms with van der Waals surface area (Å²) < 4.78 is 5.96. The molecule has 0 radical (unpaired) electrons.